The summed E-state index contributed by atoms with van der Waals surface area (Å²) in [6.07, 6.45) is -3.72. The van der Waals surface area contributed by atoms with Gasteiger partial charge >= 0.3 is 6.18 Å². The second kappa shape index (κ2) is 8.58. The maximum atomic E-state index is 12.7. The van der Waals surface area contributed by atoms with Gasteiger partial charge in [-0.3, -0.25) is 9.69 Å². The van der Waals surface area contributed by atoms with Crippen LogP contribution in [0.4, 0.5) is 13.2 Å². The van der Waals surface area contributed by atoms with Crippen LogP contribution < -0.4 is 14.8 Å². The summed E-state index contributed by atoms with van der Waals surface area (Å²) < 4.78 is 48.7. The van der Waals surface area contributed by atoms with Crippen LogP contribution in [0.2, 0.25) is 0 Å². The number of hydrogen-bond donors (Lipinski definition) is 1. The average molecular weight is 429 g/mol. The number of carbonyl (C=O) groups is 1. The largest absolute Gasteiger partial charge is 0.493 e. The number of ether oxygens (including phenoxy) is 2. The van der Waals surface area contributed by atoms with E-state index in [2.05, 4.69) is 10.3 Å². The molecule has 1 aliphatic rings. The standard InChI is InChI=1S/C19H22F3N3O3S/c1-11(18-24-16(10-29-18)19(20,21)22)23-17(26)9-25-5-4-12-6-14(27-2)15(28-3)7-13(12)8-25/h6-7,10-11H,4-5,8-9H2,1-3H3,(H,23,26). The van der Waals surface area contributed by atoms with E-state index in [0.717, 1.165) is 34.3 Å². The van der Waals surface area contributed by atoms with Gasteiger partial charge in [0.15, 0.2) is 17.2 Å². The van der Waals surface area contributed by atoms with Crippen molar-refractivity contribution in [2.24, 2.45) is 0 Å². The van der Waals surface area contributed by atoms with Crippen molar-refractivity contribution in [1.82, 2.24) is 15.2 Å². The molecule has 158 valence electrons. The number of nitrogens with one attached hydrogen (secondary N) is 1. The number of amides is 1. The Labute approximate surface area is 170 Å². The van der Waals surface area contributed by atoms with Gasteiger partial charge in [-0.25, -0.2) is 4.98 Å². The van der Waals surface area contributed by atoms with Gasteiger partial charge in [0.2, 0.25) is 5.91 Å². The zero-order valence-electron chi connectivity index (χ0n) is 16.3. The molecule has 1 aromatic heterocycles. The van der Waals surface area contributed by atoms with E-state index in [1.165, 1.54) is 0 Å². The van der Waals surface area contributed by atoms with Gasteiger partial charge in [-0.2, -0.15) is 13.2 Å². The van der Waals surface area contributed by atoms with E-state index >= 15 is 0 Å². The van der Waals surface area contributed by atoms with E-state index in [9.17, 15) is 18.0 Å². The minimum Gasteiger partial charge on any atom is -0.493 e. The summed E-state index contributed by atoms with van der Waals surface area (Å²) in [5, 5.41) is 3.92. The molecular weight excluding hydrogens is 407 g/mol. The number of methoxy groups -OCH3 is 2. The summed E-state index contributed by atoms with van der Waals surface area (Å²) in [5.41, 5.74) is 1.27. The normalized spacial score (nSPS) is 15.5. The van der Waals surface area contributed by atoms with Gasteiger partial charge in [0.05, 0.1) is 26.8 Å². The number of fused-ring (bicyclic) bond motifs is 1. The predicted octanol–water partition coefficient (Wildman–Crippen LogP) is 3.41. The smallest absolute Gasteiger partial charge is 0.434 e. The van der Waals surface area contributed by atoms with Gasteiger partial charge in [0.1, 0.15) is 5.01 Å². The van der Waals surface area contributed by atoms with Crippen LogP contribution >= 0.6 is 11.3 Å². The average Bonchev–Trinajstić information content (AvgIpc) is 3.17. The van der Waals surface area contributed by atoms with Crippen molar-refractivity contribution in [2.45, 2.75) is 32.1 Å². The molecule has 2 aromatic rings. The van der Waals surface area contributed by atoms with Crippen LogP contribution in [0.15, 0.2) is 17.5 Å². The summed E-state index contributed by atoms with van der Waals surface area (Å²) in [6.45, 7) is 3.04. The Morgan fingerprint density at radius 1 is 1.28 bits per heavy atom. The molecule has 10 heteroatoms. The Balaban J connectivity index is 1.60. The van der Waals surface area contributed by atoms with Crippen LogP contribution in [0.25, 0.3) is 0 Å². The van der Waals surface area contributed by atoms with E-state index < -0.39 is 17.9 Å². The Bertz CT molecular complexity index is 885. The Morgan fingerprint density at radius 3 is 2.52 bits per heavy atom. The molecule has 0 fully saturated rings. The molecule has 0 saturated heterocycles. The zero-order chi connectivity index (χ0) is 21.2. The summed E-state index contributed by atoms with van der Waals surface area (Å²) in [6, 6.07) is 3.27. The van der Waals surface area contributed by atoms with E-state index in [1.54, 1.807) is 21.1 Å². The highest BCUT2D eigenvalue weighted by molar-refractivity contribution is 7.09. The molecule has 6 nitrogen and oxygen atoms in total. The molecule has 3 rings (SSSR count). The van der Waals surface area contributed by atoms with Gasteiger partial charge in [-0.05, 0) is 36.6 Å². The first-order valence-electron chi connectivity index (χ1n) is 8.99. The zero-order valence-corrected chi connectivity index (χ0v) is 17.1. The summed E-state index contributed by atoms with van der Waals surface area (Å²) >= 11 is 0.886. The lowest BCUT2D eigenvalue weighted by Crippen LogP contribution is -2.40. The first kappa shape index (κ1) is 21.4. The van der Waals surface area contributed by atoms with Crippen molar-refractivity contribution < 1.29 is 27.4 Å². The Morgan fingerprint density at radius 2 is 1.93 bits per heavy atom. The third kappa shape index (κ3) is 4.99. The van der Waals surface area contributed by atoms with Crippen LogP contribution in [-0.4, -0.2) is 43.1 Å². The molecule has 0 radical (unpaired) electrons. The summed E-state index contributed by atoms with van der Waals surface area (Å²) in [5.74, 6) is 1.05. The monoisotopic (exact) mass is 429 g/mol. The number of nitrogens with zero attached hydrogens (tertiary/aromatic N) is 2. The molecule has 0 saturated carbocycles. The fraction of sp³-hybridized carbons (Fsp3) is 0.474. The molecule has 1 aliphatic heterocycles. The van der Waals surface area contributed by atoms with Crippen molar-refractivity contribution in [3.63, 3.8) is 0 Å². The van der Waals surface area contributed by atoms with Crippen LogP contribution in [0, 0.1) is 0 Å². The summed E-state index contributed by atoms with van der Waals surface area (Å²) in [7, 11) is 3.16. The Hall–Kier alpha value is -2.33. The molecule has 0 spiro atoms. The lowest BCUT2D eigenvalue weighted by molar-refractivity contribution is -0.140. The van der Waals surface area contributed by atoms with Gasteiger partial charge < -0.3 is 14.8 Å². The molecular formula is C19H22F3N3O3S. The predicted molar refractivity (Wildman–Crippen MR) is 102 cm³/mol. The second-order valence-electron chi connectivity index (χ2n) is 6.79. The number of halogens is 3. The summed E-state index contributed by atoms with van der Waals surface area (Å²) in [4.78, 5) is 18.0. The van der Waals surface area contributed by atoms with Gasteiger partial charge in [-0.15, -0.1) is 11.3 Å². The van der Waals surface area contributed by atoms with E-state index in [1.807, 2.05) is 17.0 Å². The molecule has 1 unspecified atom stereocenters. The van der Waals surface area contributed by atoms with Crippen molar-refractivity contribution >= 4 is 17.2 Å². The van der Waals surface area contributed by atoms with Crippen LogP contribution in [0.5, 0.6) is 11.5 Å². The molecule has 1 N–H and O–H groups in total. The maximum Gasteiger partial charge on any atom is 0.434 e. The van der Waals surface area contributed by atoms with Crippen molar-refractivity contribution in [2.75, 3.05) is 27.3 Å². The van der Waals surface area contributed by atoms with Crippen molar-refractivity contribution in [3.05, 3.63) is 39.3 Å². The van der Waals surface area contributed by atoms with Crippen molar-refractivity contribution in [3.8, 4) is 11.5 Å². The molecule has 1 amide bonds. The SMILES string of the molecule is COc1cc2c(cc1OC)CN(CC(=O)NC(C)c1nc(C(F)(F)F)cs1)CC2. The number of aromatic nitrogens is 1. The van der Waals surface area contributed by atoms with Crippen molar-refractivity contribution in [1.29, 1.82) is 0 Å². The van der Waals surface area contributed by atoms with Crippen LogP contribution in [0.3, 0.4) is 0 Å². The topological polar surface area (TPSA) is 63.7 Å². The van der Waals surface area contributed by atoms with Gasteiger partial charge in [-0.1, -0.05) is 0 Å². The number of thiazole rings is 1. The fourth-order valence-corrected chi connectivity index (χ4v) is 4.08. The third-order valence-electron chi connectivity index (χ3n) is 4.72. The highest BCUT2D eigenvalue weighted by Gasteiger charge is 2.34. The first-order valence-corrected chi connectivity index (χ1v) is 9.87. The minimum absolute atomic E-state index is 0.148. The number of rotatable bonds is 6. The highest BCUT2D eigenvalue weighted by Crippen LogP contribution is 2.33. The number of hydrogen-bond acceptors (Lipinski definition) is 6. The van der Waals surface area contributed by atoms with Crippen LogP contribution in [-0.2, 0) is 23.9 Å². The van der Waals surface area contributed by atoms with Gasteiger partial charge in [0, 0.05) is 18.5 Å². The third-order valence-corrected chi connectivity index (χ3v) is 5.75. The minimum atomic E-state index is -4.48. The number of alkyl halides is 3. The highest BCUT2D eigenvalue weighted by atomic mass is 32.1. The lowest BCUT2D eigenvalue weighted by Gasteiger charge is -2.29. The molecule has 1 atom stereocenters. The molecule has 1 aromatic carbocycles. The molecule has 2 heterocycles. The Kier molecular flexibility index (Phi) is 6.33. The second-order valence-corrected chi connectivity index (χ2v) is 7.68. The van der Waals surface area contributed by atoms with E-state index in [4.69, 9.17) is 9.47 Å². The number of benzene rings is 1. The lowest BCUT2D eigenvalue weighted by atomic mass is 9.99. The van der Waals surface area contributed by atoms with Crippen LogP contribution in [0.1, 0.15) is 34.8 Å². The number of carbonyl (C=O) groups excluding carboxylic acids is 1. The van der Waals surface area contributed by atoms with Gasteiger partial charge in [0.25, 0.3) is 0 Å². The molecule has 0 bridgehead atoms. The fourth-order valence-electron chi connectivity index (χ4n) is 3.25. The first-order chi connectivity index (χ1) is 13.7. The maximum absolute atomic E-state index is 12.7. The van der Waals surface area contributed by atoms with E-state index in [-0.39, 0.29) is 17.5 Å². The van der Waals surface area contributed by atoms with E-state index in [0.29, 0.717) is 24.6 Å². The molecule has 29 heavy (non-hydrogen) atoms. The molecule has 0 aliphatic carbocycles. The quantitative estimate of drug-likeness (QED) is 0.763.